The molecule has 226 valence electrons. The molecule has 4 aliphatic carbocycles. The Morgan fingerprint density at radius 1 is 0.951 bits per heavy atom. The van der Waals surface area contributed by atoms with E-state index in [4.69, 9.17) is 13.7 Å². The molecule has 6 nitrogen and oxygen atoms in total. The van der Waals surface area contributed by atoms with E-state index in [1.807, 2.05) is 19.1 Å². The van der Waals surface area contributed by atoms with Gasteiger partial charge in [-0.3, -0.25) is 8.98 Å². The number of ether oxygens (including phenoxy) is 2. The molecule has 41 heavy (non-hydrogen) atoms. The van der Waals surface area contributed by atoms with Crippen molar-refractivity contribution < 1.29 is 26.9 Å². The largest absolute Gasteiger partial charge is 0.349 e. The highest BCUT2D eigenvalue weighted by Crippen LogP contribution is 2.70. The molecule has 4 saturated carbocycles. The zero-order valence-electron chi connectivity index (χ0n) is 25.4. The highest BCUT2D eigenvalue weighted by atomic mass is 32.2. The third kappa shape index (κ3) is 4.18. The van der Waals surface area contributed by atoms with Gasteiger partial charge in [-0.1, -0.05) is 45.4 Å². The molecule has 0 radical (unpaired) electrons. The van der Waals surface area contributed by atoms with Crippen LogP contribution in [0.25, 0.3) is 0 Å². The van der Waals surface area contributed by atoms with E-state index in [1.165, 1.54) is 0 Å². The van der Waals surface area contributed by atoms with Gasteiger partial charge in [0.05, 0.1) is 23.7 Å². The van der Waals surface area contributed by atoms with E-state index in [2.05, 4.69) is 27.7 Å². The van der Waals surface area contributed by atoms with Crippen molar-refractivity contribution in [1.29, 1.82) is 0 Å². The fourth-order valence-electron chi connectivity index (χ4n) is 10.9. The van der Waals surface area contributed by atoms with Crippen LogP contribution in [0.15, 0.2) is 29.2 Å². The lowest BCUT2D eigenvalue weighted by Gasteiger charge is -2.60. The first-order valence-corrected chi connectivity index (χ1v) is 17.6. The minimum absolute atomic E-state index is 0.0431. The van der Waals surface area contributed by atoms with Crippen LogP contribution in [0.4, 0.5) is 0 Å². The molecule has 0 bridgehead atoms. The molecule has 1 aromatic rings. The Labute approximate surface area is 246 Å². The molecule has 0 N–H and O–H groups in total. The number of carbonyl (C=O) groups is 1. The standard InChI is InChI=1S/C34H48O6S/c1-20-6-9-25(10-7-20)41(36,37)40-24-13-14-32(4)23(16-24)8-11-26-27(32)18-30(35)33(5)28(26)17-29-31(33)22(3)34(39-29)15-12-21(2)19-38-34/h6-7,9-10,21-24,26-29,31H,8,11-19H2,1-5H3/t21-,22-,23-,24+,26-,27+,28+,29-,31-,32-,33-,34+/m0/s1. The van der Waals surface area contributed by atoms with Crippen LogP contribution in [0.2, 0.25) is 0 Å². The van der Waals surface area contributed by atoms with E-state index < -0.39 is 15.9 Å². The Hall–Kier alpha value is -1.28. The molecule has 2 heterocycles. The van der Waals surface area contributed by atoms with Gasteiger partial charge < -0.3 is 9.47 Å². The molecule has 0 amide bonds. The maximum absolute atomic E-state index is 14.3. The number of aryl methyl sites for hydroxylation is 1. The number of benzene rings is 1. The third-order valence-corrected chi connectivity index (χ3v) is 14.7. The molecular formula is C34H48O6S. The van der Waals surface area contributed by atoms with Crippen LogP contribution < -0.4 is 0 Å². The third-order valence-electron chi connectivity index (χ3n) is 13.3. The summed E-state index contributed by atoms with van der Waals surface area (Å²) in [6.45, 7) is 11.9. The van der Waals surface area contributed by atoms with Crippen molar-refractivity contribution in [2.24, 2.45) is 52.3 Å². The van der Waals surface area contributed by atoms with Crippen LogP contribution in [0.3, 0.4) is 0 Å². The van der Waals surface area contributed by atoms with Gasteiger partial charge in [0.25, 0.3) is 10.1 Å². The van der Waals surface area contributed by atoms with Gasteiger partial charge in [-0.15, -0.1) is 0 Å². The summed E-state index contributed by atoms with van der Waals surface area (Å²) in [5, 5.41) is 0. The van der Waals surface area contributed by atoms with Gasteiger partial charge in [0.1, 0.15) is 5.78 Å². The van der Waals surface area contributed by atoms with Crippen molar-refractivity contribution in [3.05, 3.63) is 29.8 Å². The lowest BCUT2D eigenvalue weighted by atomic mass is 9.44. The molecule has 0 aromatic heterocycles. The molecular weight excluding hydrogens is 536 g/mol. The average Bonchev–Trinajstić information content (AvgIpc) is 3.38. The zero-order valence-corrected chi connectivity index (χ0v) is 26.3. The lowest BCUT2D eigenvalue weighted by Crippen LogP contribution is -2.58. The van der Waals surface area contributed by atoms with Crippen LogP contribution in [0.1, 0.15) is 91.0 Å². The smallest absolute Gasteiger partial charge is 0.297 e. The molecule has 6 fully saturated rings. The number of rotatable bonds is 3. The highest BCUT2D eigenvalue weighted by molar-refractivity contribution is 7.86. The van der Waals surface area contributed by atoms with Crippen LogP contribution in [0.5, 0.6) is 0 Å². The first-order chi connectivity index (χ1) is 19.4. The molecule has 7 heteroatoms. The van der Waals surface area contributed by atoms with Crippen LogP contribution in [-0.4, -0.2) is 38.8 Å². The summed E-state index contributed by atoms with van der Waals surface area (Å²) in [6.07, 6.45) is 8.09. The van der Waals surface area contributed by atoms with E-state index in [0.29, 0.717) is 41.8 Å². The maximum Gasteiger partial charge on any atom is 0.297 e. The van der Waals surface area contributed by atoms with Crippen molar-refractivity contribution in [2.75, 3.05) is 6.61 Å². The van der Waals surface area contributed by atoms with Crippen molar-refractivity contribution in [2.45, 2.75) is 115 Å². The van der Waals surface area contributed by atoms with E-state index in [-0.39, 0.29) is 39.8 Å². The molecule has 6 aliphatic rings. The molecule has 1 spiro atoms. The van der Waals surface area contributed by atoms with E-state index in [0.717, 1.165) is 63.5 Å². The summed E-state index contributed by atoms with van der Waals surface area (Å²) in [5.74, 6) is 2.58. The second kappa shape index (κ2) is 9.61. The first kappa shape index (κ1) is 28.5. The Balaban J connectivity index is 1.08. The fourth-order valence-corrected chi connectivity index (χ4v) is 12.1. The number of hydrogen-bond donors (Lipinski definition) is 0. The second-order valence-electron chi connectivity index (χ2n) is 15.3. The molecule has 0 unspecified atom stereocenters. The molecule has 2 aliphatic heterocycles. The Kier molecular flexibility index (Phi) is 6.68. The van der Waals surface area contributed by atoms with Crippen LogP contribution in [-0.2, 0) is 28.6 Å². The van der Waals surface area contributed by atoms with Gasteiger partial charge in [0.2, 0.25) is 0 Å². The van der Waals surface area contributed by atoms with Crippen molar-refractivity contribution >= 4 is 15.9 Å². The number of hydrogen-bond acceptors (Lipinski definition) is 6. The van der Waals surface area contributed by atoms with Gasteiger partial charge >= 0.3 is 0 Å². The van der Waals surface area contributed by atoms with Gasteiger partial charge in [-0.05, 0) is 99.0 Å². The predicted octanol–water partition coefficient (Wildman–Crippen LogP) is 6.69. The number of fused-ring (bicyclic) bond motifs is 7. The summed E-state index contributed by atoms with van der Waals surface area (Å²) >= 11 is 0. The van der Waals surface area contributed by atoms with E-state index in [1.54, 1.807) is 12.1 Å². The quantitative estimate of drug-likeness (QED) is 0.368. The molecule has 1 aromatic carbocycles. The molecule has 7 rings (SSSR count). The summed E-state index contributed by atoms with van der Waals surface area (Å²) in [7, 11) is -3.79. The fraction of sp³-hybridized carbons (Fsp3) is 0.794. The number of ketones is 1. The van der Waals surface area contributed by atoms with Gasteiger partial charge in [0, 0.05) is 30.1 Å². The lowest BCUT2D eigenvalue weighted by molar-refractivity contribution is -0.272. The Morgan fingerprint density at radius 3 is 2.41 bits per heavy atom. The van der Waals surface area contributed by atoms with Crippen LogP contribution in [0, 0.1) is 59.2 Å². The van der Waals surface area contributed by atoms with Crippen molar-refractivity contribution in [3.8, 4) is 0 Å². The van der Waals surface area contributed by atoms with Gasteiger partial charge in [0.15, 0.2) is 5.79 Å². The summed E-state index contributed by atoms with van der Waals surface area (Å²) < 4.78 is 45.2. The zero-order chi connectivity index (χ0) is 28.9. The topological polar surface area (TPSA) is 78.9 Å². The summed E-state index contributed by atoms with van der Waals surface area (Å²) in [5.41, 5.74) is 0.726. The van der Waals surface area contributed by atoms with Crippen molar-refractivity contribution in [3.63, 3.8) is 0 Å². The molecule has 12 atom stereocenters. The SMILES string of the molecule is Cc1ccc(S(=O)(=O)O[C@@H]2CC[C@@]3(C)[C@@H](CC[C@H]4[C@H]3CC(=O)[C@@]3(C)[C@@H]5[C@H](C[C@H]43)O[C@]3(CC[C@H](C)CO3)[C@H]5C)C2)cc1. The minimum Gasteiger partial charge on any atom is -0.349 e. The van der Waals surface area contributed by atoms with E-state index >= 15 is 0 Å². The summed E-state index contributed by atoms with van der Waals surface area (Å²) in [6, 6.07) is 6.90. The predicted molar refractivity (Wildman–Crippen MR) is 155 cm³/mol. The second-order valence-corrected chi connectivity index (χ2v) is 16.9. The Morgan fingerprint density at radius 2 is 1.71 bits per heavy atom. The normalized spacial score (nSPS) is 49.3. The minimum atomic E-state index is -3.79. The average molecular weight is 585 g/mol. The maximum atomic E-state index is 14.3. The number of carbonyl (C=O) groups excluding carboxylic acids is 1. The van der Waals surface area contributed by atoms with Gasteiger partial charge in [-0.2, -0.15) is 8.42 Å². The van der Waals surface area contributed by atoms with Crippen molar-refractivity contribution in [1.82, 2.24) is 0 Å². The van der Waals surface area contributed by atoms with E-state index in [9.17, 15) is 13.2 Å². The highest BCUT2D eigenvalue weighted by Gasteiger charge is 2.71. The summed E-state index contributed by atoms with van der Waals surface area (Å²) in [4.78, 5) is 14.5. The molecule has 2 saturated heterocycles. The van der Waals surface area contributed by atoms with Gasteiger partial charge in [-0.25, -0.2) is 0 Å². The monoisotopic (exact) mass is 584 g/mol. The van der Waals surface area contributed by atoms with Crippen LogP contribution >= 0.6 is 0 Å². The first-order valence-electron chi connectivity index (χ1n) is 16.2. The number of Topliss-reactive ketones (excluding diaryl/α,β-unsaturated/α-hetero) is 1. The Bertz CT molecular complexity index is 1300.